The number of fused-ring (bicyclic) bond motifs is 1. The van der Waals surface area contributed by atoms with Crippen molar-refractivity contribution in [1.29, 1.82) is 0 Å². The van der Waals surface area contributed by atoms with E-state index in [1.54, 1.807) is 0 Å². The summed E-state index contributed by atoms with van der Waals surface area (Å²) >= 11 is 1.48. The second-order valence-corrected chi connectivity index (χ2v) is 9.17. The average molecular weight is 407 g/mol. The molecule has 1 heterocycles. The minimum atomic E-state index is -0.957. The summed E-state index contributed by atoms with van der Waals surface area (Å²) in [5, 5.41) is 27.5. The minimum Gasteiger partial charge on any atom is -0.390 e. The number of amides is 1. The summed E-state index contributed by atoms with van der Waals surface area (Å²) in [4.78, 5) is 19.3. The molecular formula is C20H30N4O3S. The van der Waals surface area contributed by atoms with Gasteiger partial charge < -0.3 is 25.7 Å². The van der Waals surface area contributed by atoms with Crippen LogP contribution in [0.3, 0.4) is 0 Å². The second kappa shape index (κ2) is 8.82. The van der Waals surface area contributed by atoms with Crippen LogP contribution in [0.25, 0.3) is 0 Å². The summed E-state index contributed by atoms with van der Waals surface area (Å²) in [7, 11) is 3.91. The third kappa shape index (κ3) is 4.86. The first-order chi connectivity index (χ1) is 13.2. The Morgan fingerprint density at radius 3 is 2.57 bits per heavy atom. The number of hydrogen-bond donors (Lipinski definition) is 4. The van der Waals surface area contributed by atoms with Gasteiger partial charge in [-0.05, 0) is 57.6 Å². The van der Waals surface area contributed by atoms with Crippen LogP contribution in [0.15, 0.2) is 23.2 Å². The number of anilines is 1. The van der Waals surface area contributed by atoms with Crippen molar-refractivity contribution in [2.75, 3.05) is 32.5 Å². The van der Waals surface area contributed by atoms with Gasteiger partial charge in [0.25, 0.3) is 0 Å². The molecule has 1 aliphatic carbocycles. The third-order valence-electron chi connectivity index (χ3n) is 5.15. The van der Waals surface area contributed by atoms with E-state index in [1.165, 1.54) is 11.8 Å². The molecule has 2 aliphatic rings. The van der Waals surface area contributed by atoms with E-state index in [4.69, 9.17) is 0 Å². The molecule has 1 aromatic rings. The van der Waals surface area contributed by atoms with Crippen LogP contribution in [0.1, 0.15) is 17.5 Å². The number of hydrogen-bond acceptors (Lipinski definition) is 7. The molecule has 0 saturated heterocycles. The van der Waals surface area contributed by atoms with E-state index in [0.29, 0.717) is 11.7 Å². The molecule has 4 N–H and O–H groups in total. The number of aliphatic hydroxyl groups is 2. The Morgan fingerprint density at radius 1 is 1.25 bits per heavy atom. The van der Waals surface area contributed by atoms with Crippen molar-refractivity contribution in [1.82, 2.24) is 10.2 Å². The van der Waals surface area contributed by atoms with Gasteiger partial charge in [0.15, 0.2) is 5.17 Å². The van der Waals surface area contributed by atoms with Crippen LogP contribution < -0.4 is 10.6 Å². The quantitative estimate of drug-likeness (QED) is 0.582. The Bertz CT molecular complexity index is 735. The van der Waals surface area contributed by atoms with Crippen LogP contribution in [-0.2, 0) is 4.79 Å². The maximum atomic E-state index is 12.7. The van der Waals surface area contributed by atoms with E-state index in [-0.39, 0.29) is 17.6 Å². The molecule has 5 atom stereocenters. The fourth-order valence-electron chi connectivity index (χ4n) is 3.81. The number of aliphatic imine (C=N–C) groups is 1. The van der Waals surface area contributed by atoms with Crippen molar-refractivity contribution in [2.24, 2.45) is 10.9 Å². The second-order valence-electron chi connectivity index (χ2n) is 8.00. The summed E-state index contributed by atoms with van der Waals surface area (Å²) in [6.07, 6.45) is -1.66. The summed E-state index contributed by atoms with van der Waals surface area (Å²) < 4.78 is 0. The van der Waals surface area contributed by atoms with Gasteiger partial charge in [-0.25, -0.2) is 0 Å². The van der Waals surface area contributed by atoms with Gasteiger partial charge >= 0.3 is 0 Å². The molecule has 0 unspecified atom stereocenters. The highest BCUT2D eigenvalue weighted by Gasteiger charge is 2.50. The Hall–Kier alpha value is -1.61. The van der Waals surface area contributed by atoms with Crippen LogP contribution in [0.5, 0.6) is 0 Å². The zero-order chi connectivity index (χ0) is 20.4. The molecule has 0 bridgehead atoms. The van der Waals surface area contributed by atoms with Crippen LogP contribution in [0.2, 0.25) is 0 Å². The van der Waals surface area contributed by atoms with Crippen molar-refractivity contribution < 1.29 is 15.0 Å². The normalized spacial score (nSPS) is 29.4. The molecule has 0 spiro atoms. The molecule has 1 fully saturated rings. The Morgan fingerprint density at radius 2 is 1.93 bits per heavy atom. The highest BCUT2D eigenvalue weighted by molar-refractivity contribution is 8.15. The Balaban J connectivity index is 1.71. The smallest absolute Gasteiger partial charge is 0.224 e. The molecule has 8 heteroatoms. The number of rotatable bonds is 5. The average Bonchev–Trinajstić information content (AvgIpc) is 3.00. The predicted molar refractivity (Wildman–Crippen MR) is 114 cm³/mol. The molecule has 1 saturated carbocycles. The fraction of sp³-hybridized carbons (Fsp3) is 0.600. The first-order valence-electron chi connectivity index (χ1n) is 9.63. The molecule has 1 amide bonds. The van der Waals surface area contributed by atoms with Gasteiger partial charge in [-0.1, -0.05) is 17.8 Å². The zero-order valence-corrected chi connectivity index (χ0v) is 17.7. The van der Waals surface area contributed by atoms with Gasteiger partial charge in [0.05, 0.1) is 18.1 Å². The molecule has 1 aromatic carbocycles. The standard InChI is InChI=1S/C20H30N4O3S/c1-11-7-12(2)9-13(8-11)22-20-23-16-17(26)15(25)10-14(18(16)28-20)19(27)21-5-6-24(3)4/h7-9,14-18,25-26H,5-6,10H2,1-4H3,(H,21,27)(H,22,23)/t14-,15+,16-,17-,18+/m0/s1. The number of aryl methyl sites for hydroxylation is 2. The number of amidine groups is 1. The predicted octanol–water partition coefficient (Wildman–Crippen LogP) is 0.975. The number of carbonyl (C=O) groups is 1. The molecule has 28 heavy (non-hydrogen) atoms. The number of nitrogens with zero attached hydrogens (tertiary/aromatic N) is 2. The number of aliphatic hydroxyl groups excluding tert-OH is 2. The van der Waals surface area contributed by atoms with Crippen molar-refractivity contribution in [3.05, 3.63) is 29.3 Å². The highest BCUT2D eigenvalue weighted by Crippen LogP contribution is 2.41. The molecular weight excluding hydrogens is 376 g/mol. The minimum absolute atomic E-state index is 0.0850. The van der Waals surface area contributed by atoms with Gasteiger partial charge in [0.1, 0.15) is 6.10 Å². The molecule has 3 rings (SSSR count). The van der Waals surface area contributed by atoms with E-state index in [2.05, 4.69) is 21.7 Å². The molecule has 0 aromatic heterocycles. The van der Waals surface area contributed by atoms with E-state index in [1.807, 2.05) is 45.0 Å². The number of nitrogens with one attached hydrogen (secondary N) is 2. The zero-order valence-electron chi connectivity index (χ0n) is 16.8. The van der Waals surface area contributed by atoms with E-state index in [0.717, 1.165) is 23.4 Å². The van der Waals surface area contributed by atoms with Gasteiger partial charge in [0, 0.05) is 24.0 Å². The topological polar surface area (TPSA) is 97.2 Å². The summed E-state index contributed by atoms with van der Waals surface area (Å²) in [6.45, 7) is 5.38. The SMILES string of the molecule is Cc1cc(C)cc(NC2=N[C@H]3[C@@H](O)[C@H](O)C[C@H](C(=O)NCCN(C)C)[C@H]3S2)c1. The Labute approximate surface area is 170 Å². The van der Waals surface area contributed by atoms with Crippen molar-refractivity contribution in [3.63, 3.8) is 0 Å². The first kappa shape index (κ1) is 21.1. The lowest BCUT2D eigenvalue weighted by Gasteiger charge is -2.37. The molecule has 1 aliphatic heterocycles. The van der Waals surface area contributed by atoms with Gasteiger partial charge in [-0.2, -0.15) is 0 Å². The fourth-order valence-corrected chi connectivity index (χ4v) is 5.19. The maximum absolute atomic E-state index is 12.7. The van der Waals surface area contributed by atoms with Crippen LogP contribution in [0.4, 0.5) is 5.69 Å². The summed E-state index contributed by atoms with van der Waals surface area (Å²) in [5.41, 5.74) is 3.23. The molecule has 154 valence electrons. The molecule has 0 radical (unpaired) electrons. The van der Waals surface area contributed by atoms with Crippen molar-refractivity contribution in [3.8, 4) is 0 Å². The van der Waals surface area contributed by atoms with Gasteiger partial charge in [-0.3, -0.25) is 9.79 Å². The van der Waals surface area contributed by atoms with Crippen molar-refractivity contribution in [2.45, 2.75) is 43.8 Å². The monoisotopic (exact) mass is 406 g/mol. The number of carbonyl (C=O) groups excluding carboxylic acids is 1. The lowest BCUT2D eigenvalue weighted by Crippen LogP contribution is -2.54. The molecule has 7 nitrogen and oxygen atoms in total. The summed E-state index contributed by atoms with van der Waals surface area (Å²) in [6, 6.07) is 5.68. The number of thioether (sulfide) groups is 1. The van der Waals surface area contributed by atoms with Crippen LogP contribution in [-0.4, -0.2) is 76.9 Å². The maximum Gasteiger partial charge on any atom is 0.224 e. The lowest BCUT2D eigenvalue weighted by atomic mass is 9.81. The first-order valence-corrected chi connectivity index (χ1v) is 10.5. The largest absolute Gasteiger partial charge is 0.390 e. The summed E-state index contributed by atoms with van der Waals surface area (Å²) in [5.74, 6) is -0.476. The van der Waals surface area contributed by atoms with E-state index < -0.39 is 24.2 Å². The number of benzene rings is 1. The van der Waals surface area contributed by atoms with Crippen LogP contribution >= 0.6 is 11.8 Å². The van der Waals surface area contributed by atoms with Gasteiger partial charge in [0.2, 0.25) is 5.91 Å². The lowest BCUT2D eigenvalue weighted by molar-refractivity contribution is -0.129. The highest BCUT2D eigenvalue weighted by atomic mass is 32.2. The van der Waals surface area contributed by atoms with Crippen LogP contribution in [0, 0.1) is 19.8 Å². The van der Waals surface area contributed by atoms with E-state index in [9.17, 15) is 15.0 Å². The Kier molecular flexibility index (Phi) is 6.65. The van der Waals surface area contributed by atoms with E-state index >= 15 is 0 Å². The number of likely N-dealkylation sites (N-methyl/N-ethyl adjacent to an activating group) is 1. The third-order valence-corrected chi connectivity index (χ3v) is 6.47. The van der Waals surface area contributed by atoms with Gasteiger partial charge in [-0.15, -0.1) is 0 Å². The van der Waals surface area contributed by atoms with Crippen molar-refractivity contribution >= 4 is 28.5 Å².